The molecule has 5 aliphatic rings. The standard InChI is InChI=1S/C29H43N3O5/c1-18(33)29(36)14-11-23-21-8-7-19-16-20(9-12-27(19,2)22(21)10-13-28(23,29)3)32-37-17-25(34)31-24-6-4-5-15-30-26(24)35/h16,21-24,36H,4-15,17H2,1-3H3,(H,30,35)(H,31,34)/b32-20-/t21-,22+,23-,24+,27-,28-,29-/m0/s1. The van der Waals surface area contributed by atoms with Gasteiger partial charge in [-0.15, -0.1) is 0 Å². The SMILES string of the molecule is CC(=O)[C@@]1(O)CC[C@H]2[C@H]3CCC4=C/C(=N\OCC(=O)N[C@@H]5CCCCNC5=O)CC[C@]4(C)[C@@H]3CC[C@@]21C. The maximum absolute atomic E-state index is 12.4. The number of hydrogen-bond donors (Lipinski definition) is 3. The molecular weight excluding hydrogens is 470 g/mol. The molecule has 0 aromatic carbocycles. The van der Waals surface area contributed by atoms with Crippen molar-refractivity contribution in [2.24, 2.45) is 33.7 Å². The summed E-state index contributed by atoms with van der Waals surface area (Å²) in [7, 11) is 0. The van der Waals surface area contributed by atoms with E-state index in [1.165, 1.54) is 5.57 Å². The zero-order valence-corrected chi connectivity index (χ0v) is 22.6. The number of amides is 2. The van der Waals surface area contributed by atoms with Crippen LogP contribution in [0.25, 0.3) is 0 Å². The smallest absolute Gasteiger partial charge is 0.261 e. The Labute approximate surface area is 220 Å². The molecular formula is C29H43N3O5. The van der Waals surface area contributed by atoms with Crippen LogP contribution in [0.3, 0.4) is 0 Å². The molecule has 0 aromatic heterocycles. The molecule has 1 aliphatic heterocycles. The first-order valence-electron chi connectivity index (χ1n) is 14.3. The van der Waals surface area contributed by atoms with Crippen LogP contribution in [0.1, 0.15) is 91.4 Å². The van der Waals surface area contributed by atoms with Crippen molar-refractivity contribution < 1.29 is 24.3 Å². The van der Waals surface area contributed by atoms with Gasteiger partial charge >= 0.3 is 0 Å². The molecule has 4 aliphatic carbocycles. The second kappa shape index (κ2) is 9.83. The number of ketones is 1. The quantitative estimate of drug-likeness (QED) is 0.487. The molecule has 2 amide bonds. The number of Topliss-reactive ketones (excluding diaryl/α,β-unsaturated/α-hetero) is 1. The van der Waals surface area contributed by atoms with Crippen molar-refractivity contribution in [3.63, 3.8) is 0 Å². The molecule has 0 radical (unpaired) electrons. The van der Waals surface area contributed by atoms with Crippen molar-refractivity contribution in [3.05, 3.63) is 11.6 Å². The van der Waals surface area contributed by atoms with Gasteiger partial charge in [-0.25, -0.2) is 0 Å². The predicted octanol–water partition coefficient (Wildman–Crippen LogP) is 3.43. The summed E-state index contributed by atoms with van der Waals surface area (Å²) in [5.41, 5.74) is 0.911. The van der Waals surface area contributed by atoms with Gasteiger partial charge in [-0.1, -0.05) is 24.6 Å². The summed E-state index contributed by atoms with van der Waals surface area (Å²) >= 11 is 0. The van der Waals surface area contributed by atoms with Crippen LogP contribution >= 0.6 is 0 Å². The normalized spacial score (nSPS) is 42.4. The number of allylic oxidation sites excluding steroid dienone is 2. The van der Waals surface area contributed by atoms with Crippen molar-refractivity contribution in [3.8, 4) is 0 Å². The minimum Gasteiger partial charge on any atom is -0.385 e. The van der Waals surface area contributed by atoms with Crippen LogP contribution < -0.4 is 10.6 Å². The van der Waals surface area contributed by atoms with Gasteiger partial charge in [-0.2, -0.15) is 0 Å². The van der Waals surface area contributed by atoms with Crippen LogP contribution in [-0.4, -0.2) is 53.2 Å². The maximum atomic E-state index is 12.4. The Bertz CT molecular complexity index is 1020. The minimum absolute atomic E-state index is 0.0664. The molecule has 8 nitrogen and oxygen atoms in total. The average molecular weight is 514 g/mol. The number of carbonyl (C=O) groups excluding carboxylic acids is 3. The summed E-state index contributed by atoms with van der Waals surface area (Å²) in [5, 5.41) is 21.2. The van der Waals surface area contributed by atoms with Crippen LogP contribution in [0.15, 0.2) is 16.8 Å². The van der Waals surface area contributed by atoms with E-state index in [4.69, 9.17) is 4.84 Å². The zero-order valence-electron chi connectivity index (χ0n) is 22.6. The second-order valence-corrected chi connectivity index (χ2v) is 12.7. The molecule has 0 spiro atoms. The largest absolute Gasteiger partial charge is 0.385 e. The molecule has 5 rings (SSSR count). The lowest BCUT2D eigenvalue weighted by molar-refractivity contribution is -0.159. The maximum Gasteiger partial charge on any atom is 0.261 e. The van der Waals surface area contributed by atoms with Gasteiger partial charge in [0.15, 0.2) is 12.4 Å². The molecule has 8 heteroatoms. The fraction of sp³-hybridized carbons (Fsp3) is 0.793. The fourth-order valence-corrected chi connectivity index (χ4v) is 8.72. The molecule has 1 heterocycles. The lowest BCUT2D eigenvalue weighted by atomic mass is 9.46. The first kappa shape index (κ1) is 26.4. The lowest BCUT2D eigenvalue weighted by Crippen LogP contribution is -2.57. The molecule has 0 bridgehead atoms. The minimum atomic E-state index is -1.17. The van der Waals surface area contributed by atoms with Crippen molar-refractivity contribution in [2.75, 3.05) is 13.2 Å². The molecule has 1 saturated heterocycles. The summed E-state index contributed by atoms with van der Waals surface area (Å²) in [6.07, 6.45) is 12.0. The fourth-order valence-electron chi connectivity index (χ4n) is 8.72. The Kier molecular flexibility index (Phi) is 7.01. The number of nitrogens with zero attached hydrogens (tertiary/aromatic N) is 1. The van der Waals surface area contributed by atoms with Gasteiger partial charge in [0.25, 0.3) is 5.91 Å². The van der Waals surface area contributed by atoms with E-state index in [-0.39, 0.29) is 35.0 Å². The van der Waals surface area contributed by atoms with Gasteiger partial charge in [-0.3, -0.25) is 14.4 Å². The van der Waals surface area contributed by atoms with Crippen molar-refractivity contribution in [1.29, 1.82) is 0 Å². The van der Waals surface area contributed by atoms with Gasteiger partial charge in [0.1, 0.15) is 11.6 Å². The Morgan fingerprint density at radius 2 is 1.89 bits per heavy atom. The number of nitrogens with one attached hydrogen (secondary N) is 2. The van der Waals surface area contributed by atoms with Crippen LogP contribution in [0.5, 0.6) is 0 Å². The van der Waals surface area contributed by atoms with Crippen LogP contribution in [0.2, 0.25) is 0 Å². The highest BCUT2D eigenvalue weighted by molar-refractivity contribution is 5.96. The number of hydrogen-bond acceptors (Lipinski definition) is 6. The number of aliphatic hydroxyl groups is 1. The van der Waals surface area contributed by atoms with Crippen molar-refractivity contribution >= 4 is 23.3 Å². The Morgan fingerprint density at radius 1 is 1.11 bits per heavy atom. The van der Waals surface area contributed by atoms with Gasteiger partial charge in [0.05, 0.1) is 5.71 Å². The molecule has 204 valence electrons. The topological polar surface area (TPSA) is 117 Å². The number of carbonyl (C=O) groups is 3. The Hall–Kier alpha value is -2.22. The van der Waals surface area contributed by atoms with E-state index < -0.39 is 11.6 Å². The molecule has 7 atom stereocenters. The third-order valence-corrected chi connectivity index (χ3v) is 11.0. The summed E-state index contributed by atoms with van der Waals surface area (Å²) in [6.45, 7) is 6.58. The number of rotatable bonds is 5. The van der Waals surface area contributed by atoms with E-state index >= 15 is 0 Å². The van der Waals surface area contributed by atoms with Crippen LogP contribution in [0.4, 0.5) is 0 Å². The molecule has 3 N–H and O–H groups in total. The molecule has 0 unspecified atom stereocenters. The monoisotopic (exact) mass is 513 g/mol. The van der Waals surface area contributed by atoms with Crippen molar-refractivity contribution in [2.45, 2.75) is 103 Å². The summed E-state index contributed by atoms with van der Waals surface area (Å²) in [6, 6.07) is -0.498. The number of oxime groups is 1. The highest BCUT2D eigenvalue weighted by Gasteiger charge is 2.65. The van der Waals surface area contributed by atoms with E-state index in [0.717, 1.165) is 63.5 Å². The van der Waals surface area contributed by atoms with Gasteiger partial charge in [0.2, 0.25) is 5.91 Å². The Balaban J connectivity index is 1.22. The van der Waals surface area contributed by atoms with E-state index in [1.54, 1.807) is 6.92 Å². The van der Waals surface area contributed by atoms with Gasteiger partial charge in [-0.05, 0) is 107 Å². The third kappa shape index (κ3) is 4.43. The second-order valence-electron chi connectivity index (χ2n) is 12.7. The molecule has 37 heavy (non-hydrogen) atoms. The molecule has 0 aromatic rings. The lowest BCUT2D eigenvalue weighted by Gasteiger charge is -2.59. The molecule has 3 saturated carbocycles. The van der Waals surface area contributed by atoms with E-state index in [0.29, 0.717) is 37.1 Å². The predicted molar refractivity (Wildman–Crippen MR) is 140 cm³/mol. The zero-order chi connectivity index (χ0) is 26.4. The highest BCUT2D eigenvalue weighted by Crippen LogP contribution is 2.67. The summed E-state index contributed by atoms with van der Waals surface area (Å²) in [4.78, 5) is 42.2. The van der Waals surface area contributed by atoms with Crippen LogP contribution in [0, 0.1) is 28.6 Å². The van der Waals surface area contributed by atoms with E-state index in [1.807, 2.05) is 0 Å². The van der Waals surface area contributed by atoms with E-state index in [2.05, 4.69) is 35.7 Å². The van der Waals surface area contributed by atoms with Crippen molar-refractivity contribution in [1.82, 2.24) is 10.6 Å². The Morgan fingerprint density at radius 3 is 2.68 bits per heavy atom. The highest BCUT2D eigenvalue weighted by atomic mass is 16.6. The van der Waals surface area contributed by atoms with Gasteiger partial charge < -0.3 is 20.6 Å². The summed E-state index contributed by atoms with van der Waals surface area (Å²) in [5.74, 6) is 0.963. The van der Waals surface area contributed by atoms with Crippen LogP contribution in [-0.2, 0) is 19.2 Å². The van der Waals surface area contributed by atoms with E-state index in [9.17, 15) is 19.5 Å². The first-order valence-corrected chi connectivity index (χ1v) is 14.3. The average Bonchev–Trinajstić information content (AvgIpc) is 2.99. The van der Waals surface area contributed by atoms with Gasteiger partial charge in [0, 0.05) is 12.0 Å². The number of fused-ring (bicyclic) bond motifs is 5. The third-order valence-electron chi connectivity index (χ3n) is 11.0. The summed E-state index contributed by atoms with van der Waals surface area (Å²) < 4.78 is 0. The molecule has 4 fully saturated rings. The first-order chi connectivity index (χ1) is 17.6.